The zero-order chi connectivity index (χ0) is 10.8. The van der Waals surface area contributed by atoms with Crippen LogP contribution in [0.5, 0.6) is 11.5 Å². The molecule has 0 bridgehead atoms. The van der Waals surface area contributed by atoms with Gasteiger partial charge in [0.1, 0.15) is 11.5 Å². The van der Waals surface area contributed by atoms with Crippen molar-refractivity contribution >= 4 is 0 Å². The lowest BCUT2D eigenvalue weighted by molar-refractivity contribution is 0.410. The first-order chi connectivity index (χ1) is 7.22. The summed E-state index contributed by atoms with van der Waals surface area (Å²) in [5.74, 6) is 0.565. The molecule has 1 aromatic carbocycles. The Morgan fingerprint density at radius 3 is 2.73 bits per heavy atom. The van der Waals surface area contributed by atoms with E-state index in [0.29, 0.717) is 17.0 Å². The smallest absolute Gasteiger partial charge is 0.264 e. The number of aromatic amines is 2. The first kappa shape index (κ1) is 9.39. The largest absolute Gasteiger partial charge is 0.507 e. The van der Waals surface area contributed by atoms with E-state index in [0.717, 1.165) is 0 Å². The lowest BCUT2D eigenvalue weighted by Gasteiger charge is -2.07. The van der Waals surface area contributed by atoms with E-state index in [-0.39, 0.29) is 11.3 Å². The first-order valence-corrected chi connectivity index (χ1v) is 4.36. The van der Waals surface area contributed by atoms with Crippen LogP contribution in [-0.4, -0.2) is 22.4 Å². The third-order valence-electron chi connectivity index (χ3n) is 2.09. The van der Waals surface area contributed by atoms with Gasteiger partial charge in [-0.3, -0.25) is 15.0 Å². The van der Waals surface area contributed by atoms with Crippen LogP contribution in [0, 0.1) is 0 Å². The van der Waals surface area contributed by atoms with Crippen molar-refractivity contribution in [3.8, 4) is 22.8 Å². The van der Waals surface area contributed by atoms with Crippen LogP contribution in [0.3, 0.4) is 0 Å². The molecule has 0 unspecified atom stereocenters. The molecule has 3 N–H and O–H groups in total. The van der Waals surface area contributed by atoms with Gasteiger partial charge < -0.3 is 9.84 Å². The normalized spacial score (nSPS) is 10.2. The van der Waals surface area contributed by atoms with Crippen LogP contribution in [0.1, 0.15) is 0 Å². The van der Waals surface area contributed by atoms with Crippen molar-refractivity contribution in [2.45, 2.75) is 0 Å². The second-order valence-electron chi connectivity index (χ2n) is 3.03. The number of nitrogens with one attached hydrogen (secondary N) is 2. The van der Waals surface area contributed by atoms with E-state index >= 15 is 0 Å². The second kappa shape index (κ2) is 3.53. The molecule has 2 aromatic rings. The Hall–Kier alpha value is -2.17. The lowest BCUT2D eigenvalue weighted by Crippen LogP contribution is -1.93. The zero-order valence-electron chi connectivity index (χ0n) is 8.07. The minimum atomic E-state index is -0.254. The van der Waals surface area contributed by atoms with Crippen molar-refractivity contribution in [3.63, 3.8) is 0 Å². The Kier molecular flexibility index (Phi) is 2.21. The van der Waals surface area contributed by atoms with Crippen LogP contribution < -0.4 is 10.3 Å². The highest BCUT2D eigenvalue weighted by atomic mass is 16.5. The van der Waals surface area contributed by atoms with Crippen molar-refractivity contribution < 1.29 is 9.84 Å². The average molecular weight is 206 g/mol. The van der Waals surface area contributed by atoms with Crippen molar-refractivity contribution in [2.24, 2.45) is 0 Å². The van der Waals surface area contributed by atoms with E-state index < -0.39 is 0 Å². The summed E-state index contributed by atoms with van der Waals surface area (Å²) < 4.78 is 5.09. The number of hydrogen-bond acceptors (Lipinski definition) is 3. The van der Waals surface area contributed by atoms with Crippen molar-refractivity contribution in [1.82, 2.24) is 10.2 Å². The molecule has 5 heteroatoms. The molecule has 0 aliphatic heterocycles. The predicted molar refractivity (Wildman–Crippen MR) is 55.1 cm³/mol. The summed E-state index contributed by atoms with van der Waals surface area (Å²) in [5.41, 5.74) is 0.712. The Labute approximate surface area is 85.3 Å². The molecule has 5 nitrogen and oxygen atoms in total. The van der Waals surface area contributed by atoms with Gasteiger partial charge in [-0.2, -0.15) is 0 Å². The van der Waals surface area contributed by atoms with Crippen LogP contribution in [-0.2, 0) is 0 Å². The van der Waals surface area contributed by atoms with Crippen LogP contribution >= 0.6 is 0 Å². The van der Waals surface area contributed by atoms with E-state index in [4.69, 9.17) is 4.74 Å². The van der Waals surface area contributed by atoms with E-state index in [9.17, 15) is 9.90 Å². The van der Waals surface area contributed by atoms with Crippen LogP contribution in [0.25, 0.3) is 11.3 Å². The minimum absolute atomic E-state index is 0.0598. The molecule has 2 rings (SSSR count). The molecule has 0 aliphatic rings. The molecule has 0 amide bonds. The highest BCUT2D eigenvalue weighted by Crippen LogP contribution is 2.35. The quantitative estimate of drug-likeness (QED) is 0.688. The summed E-state index contributed by atoms with van der Waals surface area (Å²) in [6.45, 7) is 0. The zero-order valence-corrected chi connectivity index (χ0v) is 8.07. The molecule has 1 aromatic heterocycles. The Morgan fingerprint density at radius 1 is 1.33 bits per heavy atom. The topological polar surface area (TPSA) is 78.1 Å². The van der Waals surface area contributed by atoms with Crippen molar-refractivity contribution in [3.05, 3.63) is 34.6 Å². The highest BCUT2D eigenvalue weighted by Gasteiger charge is 2.12. The lowest BCUT2D eigenvalue weighted by atomic mass is 10.1. The standard InChI is InChI=1S/C10H10N2O3/c1-15-8-4-2-3-7(13)10(8)6-5-9(14)12-11-6/h2-5,13H,1H3,(H2,11,12,14). The third-order valence-corrected chi connectivity index (χ3v) is 2.09. The fourth-order valence-corrected chi connectivity index (χ4v) is 1.43. The molecule has 0 saturated carbocycles. The van der Waals surface area contributed by atoms with Crippen molar-refractivity contribution in [2.75, 3.05) is 7.11 Å². The second-order valence-corrected chi connectivity index (χ2v) is 3.03. The summed E-state index contributed by atoms with van der Waals surface area (Å²) >= 11 is 0. The number of phenolic OH excluding ortho intramolecular Hbond substituents is 1. The molecular formula is C10H10N2O3. The summed E-state index contributed by atoms with van der Waals surface area (Å²) in [5, 5.41) is 14.7. The summed E-state index contributed by atoms with van der Waals surface area (Å²) in [6.07, 6.45) is 0. The van der Waals surface area contributed by atoms with Gasteiger partial charge in [-0.05, 0) is 12.1 Å². The summed E-state index contributed by atoms with van der Waals surface area (Å²) in [7, 11) is 1.50. The number of rotatable bonds is 2. The maximum Gasteiger partial charge on any atom is 0.264 e. The molecule has 0 aliphatic carbocycles. The number of hydrogen-bond donors (Lipinski definition) is 3. The number of aromatic hydroxyl groups is 1. The monoisotopic (exact) mass is 206 g/mol. The number of phenols is 1. The molecular weight excluding hydrogens is 196 g/mol. The van der Waals surface area contributed by atoms with Gasteiger partial charge in [-0.25, -0.2) is 0 Å². The molecule has 0 fully saturated rings. The molecule has 0 spiro atoms. The fraction of sp³-hybridized carbons (Fsp3) is 0.100. The Balaban J connectivity index is 2.65. The van der Waals surface area contributed by atoms with Crippen LogP contribution in [0.2, 0.25) is 0 Å². The van der Waals surface area contributed by atoms with Gasteiger partial charge in [0.05, 0.1) is 18.4 Å². The number of methoxy groups -OCH3 is 1. The minimum Gasteiger partial charge on any atom is -0.507 e. The SMILES string of the molecule is COc1cccc(O)c1-c1cc(=O)[nH][nH]1. The number of benzene rings is 1. The van der Waals surface area contributed by atoms with E-state index in [1.165, 1.54) is 19.2 Å². The number of H-pyrrole nitrogens is 2. The maximum absolute atomic E-state index is 11.0. The third kappa shape index (κ3) is 1.59. The number of aromatic nitrogens is 2. The first-order valence-electron chi connectivity index (χ1n) is 4.36. The van der Waals surface area contributed by atoms with Crippen molar-refractivity contribution in [1.29, 1.82) is 0 Å². The molecule has 0 atom stereocenters. The average Bonchev–Trinajstić information content (AvgIpc) is 2.64. The van der Waals surface area contributed by atoms with Gasteiger partial charge in [0.25, 0.3) is 5.56 Å². The van der Waals surface area contributed by atoms with Gasteiger partial charge in [-0.15, -0.1) is 0 Å². The van der Waals surface area contributed by atoms with Gasteiger partial charge in [0, 0.05) is 6.07 Å². The van der Waals surface area contributed by atoms with E-state index in [1.807, 2.05) is 0 Å². The van der Waals surface area contributed by atoms with Crippen LogP contribution in [0.15, 0.2) is 29.1 Å². The van der Waals surface area contributed by atoms with Gasteiger partial charge in [-0.1, -0.05) is 6.07 Å². The maximum atomic E-state index is 11.0. The summed E-state index contributed by atoms with van der Waals surface area (Å²) in [6, 6.07) is 6.27. The Morgan fingerprint density at radius 2 is 2.13 bits per heavy atom. The Bertz CT molecular complexity index is 527. The number of ether oxygens (including phenoxy) is 1. The summed E-state index contributed by atoms with van der Waals surface area (Å²) in [4.78, 5) is 11.0. The van der Waals surface area contributed by atoms with Gasteiger partial charge >= 0.3 is 0 Å². The van der Waals surface area contributed by atoms with E-state index in [2.05, 4.69) is 10.2 Å². The molecule has 15 heavy (non-hydrogen) atoms. The van der Waals surface area contributed by atoms with Gasteiger partial charge in [0.2, 0.25) is 0 Å². The fourth-order valence-electron chi connectivity index (χ4n) is 1.43. The van der Waals surface area contributed by atoms with E-state index in [1.54, 1.807) is 12.1 Å². The van der Waals surface area contributed by atoms with Crippen LogP contribution in [0.4, 0.5) is 0 Å². The molecule has 78 valence electrons. The predicted octanol–water partition coefficient (Wildman–Crippen LogP) is 1.08. The molecule has 1 heterocycles. The molecule has 0 radical (unpaired) electrons. The highest BCUT2D eigenvalue weighted by molar-refractivity contribution is 5.73. The molecule has 0 saturated heterocycles. The van der Waals surface area contributed by atoms with Gasteiger partial charge in [0.15, 0.2) is 0 Å².